The molecule has 0 aliphatic carbocycles. The Morgan fingerprint density at radius 2 is 1.88 bits per heavy atom. The van der Waals surface area contributed by atoms with Crippen LogP contribution < -0.4 is 5.73 Å². The van der Waals surface area contributed by atoms with Crippen LogP contribution in [-0.2, 0) is 0 Å². The lowest BCUT2D eigenvalue weighted by Gasteiger charge is -2.13. The van der Waals surface area contributed by atoms with Gasteiger partial charge in [0.2, 0.25) is 0 Å². The number of thiophene rings is 1. The SMILES string of the molecule is Cl.N[C@H](c1ccsc1)c1cc(Cl)cc(Cl)c1Cl. The molecule has 0 fully saturated rings. The van der Waals surface area contributed by atoms with E-state index in [9.17, 15) is 0 Å². The van der Waals surface area contributed by atoms with Crippen molar-refractivity contribution in [1.29, 1.82) is 0 Å². The summed E-state index contributed by atoms with van der Waals surface area (Å²) < 4.78 is 0. The standard InChI is InChI=1S/C11H8Cl3NS.ClH/c12-7-3-8(10(14)9(13)4-7)11(15)6-1-2-16-5-6;/h1-5,11H,15H2;1H/t11-;/m1./s1. The van der Waals surface area contributed by atoms with Crippen molar-refractivity contribution in [3.63, 3.8) is 0 Å². The smallest absolute Gasteiger partial charge is 0.0644 e. The zero-order valence-corrected chi connectivity index (χ0v) is 12.4. The molecule has 2 rings (SSSR count). The Morgan fingerprint density at radius 1 is 1.18 bits per heavy atom. The number of rotatable bonds is 2. The highest BCUT2D eigenvalue weighted by molar-refractivity contribution is 7.08. The van der Waals surface area contributed by atoms with Crippen molar-refractivity contribution < 1.29 is 0 Å². The van der Waals surface area contributed by atoms with Crippen LogP contribution in [0.15, 0.2) is 29.0 Å². The summed E-state index contributed by atoms with van der Waals surface area (Å²) in [5.74, 6) is 0. The van der Waals surface area contributed by atoms with Gasteiger partial charge in [-0.2, -0.15) is 11.3 Å². The lowest BCUT2D eigenvalue weighted by molar-refractivity contribution is 0.877. The normalized spacial score (nSPS) is 12.0. The van der Waals surface area contributed by atoms with E-state index >= 15 is 0 Å². The molecule has 0 saturated carbocycles. The molecule has 0 unspecified atom stereocenters. The van der Waals surface area contributed by atoms with Gasteiger partial charge in [-0.15, -0.1) is 12.4 Å². The third kappa shape index (κ3) is 3.28. The maximum atomic E-state index is 6.11. The van der Waals surface area contributed by atoms with Crippen molar-refractivity contribution in [3.8, 4) is 0 Å². The minimum absolute atomic E-state index is 0. The van der Waals surface area contributed by atoms with Gasteiger partial charge in [-0.05, 0) is 40.1 Å². The summed E-state index contributed by atoms with van der Waals surface area (Å²) >= 11 is 19.6. The van der Waals surface area contributed by atoms with Crippen LogP contribution in [0.3, 0.4) is 0 Å². The maximum Gasteiger partial charge on any atom is 0.0644 e. The lowest BCUT2D eigenvalue weighted by Crippen LogP contribution is -2.11. The molecule has 1 nitrogen and oxygen atoms in total. The Bertz CT molecular complexity index is 498. The molecule has 92 valence electrons. The first-order valence-electron chi connectivity index (χ1n) is 4.51. The Labute approximate surface area is 125 Å². The molecule has 0 saturated heterocycles. The van der Waals surface area contributed by atoms with Gasteiger partial charge in [-0.3, -0.25) is 0 Å². The maximum absolute atomic E-state index is 6.11. The van der Waals surface area contributed by atoms with Gasteiger partial charge in [0.15, 0.2) is 0 Å². The molecule has 0 bridgehead atoms. The van der Waals surface area contributed by atoms with Gasteiger partial charge in [-0.1, -0.05) is 34.8 Å². The third-order valence-corrected chi connectivity index (χ3v) is 3.99. The molecule has 0 aliphatic rings. The molecule has 2 aromatic rings. The van der Waals surface area contributed by atoms with Crippen LogP contribution in [0.2, 0.25) is 15.1 Å². The second kappa shape index (κ2) is 6.28. The van der Waals surface area contributed by atoms with Crippen LogP contribution in [0, 0.1) is 0 Å². The number of nitrogens with two attached hydrogens (primary N) is 1. The molecule has 0 amide bonds. The molecule has 1 aromatic carbocycles. The molecule has 0 spiro atoms. The fraction of sp³-hybridized carbons (Fsp3) is 0.0909. The molecular weight excluding hydrogens is 320 g/mol. The van der Waals surface area contributed by atoms with Crippen molar-refractivity contribution in [2.24, 2.45) is 5.73 Å². The number of benzene rings is 1. The van der Waals surface area contributed by atoms with E-state index in [4.69, 9.17) is 40.5 Å². The van der Waals surface area contributed by atoms with Gasteiger partial charge in [0.1, 0.15) is 0 Å². The first-order valence-corrected chi connectivity index (χ1v) is 6.59. The number of hydrogen-bond donors (Lipinski definition) is 1. The summed E-state index contributed by atoms with van der Waals surface area (Å²) in [5, 5.41) is 5.38. The van der Waals surface area contributed by atoms with Crippen molar-refractivity contribution in [1.82, 2.24) is 0 Å². The predicted molar refractivity (Wildman–Crippen MR) is 79.1 cm³/mol. The van der Waals surface area contributed by atoms with Crippen LogP contribution in [0.1, 0.15) is 17.2 Å². The molecular formula is C11H9Cl4NS. The molecule has 1 heterocycles. The zero-order chi connectivity index (χ0) is 11.7. The van der Waals surface area contributed by atoms with Crippen molar-refractivity contribution in [2.75, 3.05) is 0 Å². The average Bonchev–Trinajstić information content (AvgIpc) is 2.75. The van der Waals surface area contributed by atoms with E-state index < -0.39 is 0 Å². The van der Waals surface area contributed by atoms with Crippen LogP contribution >= 0.6 is 58.5 Å². The summed E-state index contributed by atoms with van der Waals surface area (Å²) in [7, 11) is 0. The first kappa shape index (κ1) is 15.1. The van der Waals surface area contributed by atoms with Crippen LogP contribution in [0.4, 0.5) is 0 Å². The van der Waals surface area contributed by atoms with Crippen LogP contribution in [-0.4, -0.2) is 0 Å². The van der Waals surface area contributed by atoms with Crippen molar-refractivity contribution in [3.05, 3.63) is 55.2 Å². The quantitative estimate of drug-likeness (QED) is 0.755. The first-order chi connectivity index (χ1) is 7.59. The molecule has 1 atom stereocenters. The Kier molecular flexibility index (Phi) is 5.58. The Hall–Kier alpha value is 0.0400. The molecule has 2 N–H and O–H groups in total. The highest BCUT2D eigenvalue weighted by Gasteiger charge is 2.15. The van der Waals surface area contributed by atoms with Gasteiger partial charge < -0.3 is 5.73 Å². The minimum Gasteiger partial charge on any atom is -0.320 e. The van der Waals surface area contributed by atoms with Crippen molar-refractivity contribution >= 4 is 58.5 Å². The second-order valence-electron chi connectivity index (χ2n) is 3.33. The lowest BCUT2D eigenvalue weighted by atomic mass is 10.0. The number of halogens is 4. The van der Waals surface area contributed by atoms with Crippen LogP contribution in [0.25, 0.3) is 0 Å². The fourth-order valence-electron chi connectivity index (χ4n) is 1.43. The van der Waals surface area contributed by atoms with E-state index in [2.05, 4.69) is 0 Å². The van der Waals surface area contributed by atoms with E-state index in [0.29, 0.717) is 15.1 Å². The summed E-state index contributed by atoms with van der Waals surface area (Å²) in [6.07, 6.45) is 0. The summed E-state index contributed by atoms with van der Waals surface area (Å²) in [4.78, 5) is 0. The van der Waals surface area contributed by atoms with Crippen molar-refractivity contribution in [2.45, 2.75) is 6.04 Å². The van der Waals surface area contributed by atoms with E-state index in [1.165, 1.54) is 0 Å². The highest BCUT2D eigenvalue weighted by atomic mass is 35.5. The molecule has 0 aliphatic heterocycles. The van der Waals surface area contributed by atoms with E-state index in [0.717, 1.165) is 11.1 Å². The van der Waals surface area contributed by atoms with E-state index in [-0.39, 0.29) is 18.4 Å². The molecule has 0 radical (unpaired) electrons. The minimum atomic E-state index is -0.296. The summed E-state index contributed by atoms with van der Waals surface area (Å²) in [5.41, 5.74) is 7.86. The fourth-order valence-corrected chi connectivity index (χ4v) is 2.87. The summed E-state index contributed by atoms with van der Waals surface area (Å²) in [6.45, 7) is 0. The zero-order valence-electron chi connectivity index (χ0n) is 8.49. The number of hydrogen-bond acceptors (Lipinski definition) is 2. The average molecular weight is 329 g/mol. The largest absolute Gasteiger partial charge is 0.320 e. The summed E-state index contributed by atoms with van der Waals surface area (Å²) in [6, 6.07) is 5.02. The monoisotopic (exact) mass is 327 g/mol. The van der Waals surface area contributed by atoms with Gasteiger partial charge in [-0.25, -0.2) is 0 Å². The van der Waals surface area contributed by atoms with Crippen LogP contribution in [0.5, 0.6) is 0 Å². The van der Waals surface area contributed by atoms with Gasteiger partial charge in [0, 0.05) is 5.02 Å². The van der Waals surface area contributed by atoms with E-state index in [1.54, 1.807) is 23.5 Å². The Balaban J connectivity index is 0.00000144. The topological polar surface area (TPSA) is 26.0 Å². The third-order valence-electron chi connectivity index (χ3n) is 2.26. The molecule has 6 heteroatoms. The predicted octanol–water partition coefficient (Wildman–Crippen LogP) is 5.18. The molecule has 17 heavy (non-hydrogen) atoms. The van der Waals surface area contributed by atoms with Gasteiger partial charge in [0.05, 0.1) is 16.1 Å². The van der Waals surface area contributed by atoms with Gasteiger partial charge >= 0.3 is 0 Å². The van der Waals surface area contributed by atoms with Gasteiger partial charge in [0.25, 0.3) is 0 Å². The molecule has 1 aromatic heterocycles. The highest BCUT2D eigenvalue weighted by Crippen LogP contribution is 2.35. The second-order valence-corrected chi connectivity index (χ2v) is 5.33. The Morgan fingerprint density at radius 3 is 2.47 bits per heavy atom. The van der Waals surface area contributed by atoms with E-state index in [1.807, 2.05) is 16.8 Å².